The first-order valence-corrected chi connectivity index (χ1v) is 9.42. The fraction of sp³-hybridized carbons (Fsp3) is 0.250. The van der Waals surface area contributed by atoms with Crippen LogP contribution in [0, 0.1) is 6.92 Å². The van der Waals surface area contributed by atoms with Crippen molar-refractivity contribution in [3.8, 4) is 5.88 Å². The largest absolute Gasteiger partial charge is 0.472 e. The number of nitrogens with zero attached hydrogens (tertiary/aromatic N) is 2. The molecule has 3 heterocycles. The Bertz CT molecular complexity index is 1210. The van der Waals surface area contributed by atoms with Gasteiger partial charge >= 0.3 is 5.63 Å². The maximum absolute atomic E-state index is 11.9. The lowest BCUT2D eigenvalue weighted by Crippen LogP contribution is -2.05. The molecule has 1 aliphatic carbocycles. The van der Waals surface area contributed by atoms with E-state index in [1.807, 2.05) is 25.1 Å². The molecule has 0 bridgehead atoms. The highest BCUT2D eigenvalue weighted by molar-refractivity contribution is 7.18. The molecular weight excluding hydrogens is 348 g/mol. The third-order valence-corrected chi connectivity index (χ3v) is 6.02. The van der Waals surface area contributed by atoms with E-state index in [2.05, 4.69) is 9.97 Å². The lowest BCUT2D eigenvalue weighted by atomic mass is 10.1. The Hall–Kier alpha value is -2.73. The molecule has 130 valence electrons. The number of hydrogen-bond donors (Lipinski definition) is 0. The van der Waals surface area contributed by atoms with E-state index in [9.17, 15) is 4.79 Å². The third-order valence-electron chi connectivity index (χ3n) is 4.82. The molecule has 6 heteroatoms. The number of fused-ring (bicyclic) bond motifs is 4. The van der Waals surface area contributed by atoms with Gasteiger partial charge in [-0.2, -0.15) is 0 Å². The van der Waals surface area contributed by atoms with Crippen LogP contribution in [-0.2, 0) is 19.4 Å². The number of aromatic nitrogens is 2. The van der Waals surface area contributed by atoms with Crippen LogP contribution in [0.2, 0.25) is 0 Å². The zero-order valence-electron chi connectivity index (χ0n) is 14.2. The standard InChI is InChI=1S/C20H16N2O3S/c1-11-5-6-13-12(8-17(23)25-15(13)7-11)9-24-19-18-14-3-2-4-16(14)26-20(18)22-10-21-19/h5-8,10H,2-4,9H2,1H3. The predicted octanol–water partition coefficient (Wildman–Crippen LogP) is 4.17. The van der Waals surface area contributed by atoms with Gasteiger partial charge in [-0.3, -0.25) is 0 Å². The SMILES string of the molecule is Cc1ccc2c(COc3ncnc4sc5c(c34)CCC5)cc(=O)oc2c1. The molecule has 0 radical (unpaired) electrons. The second-order valence-electron chi connectivity index (χ2n) is 6.60. The molecule has 0 spiro atoms. The van der Waals surface area contributed by atoms with Gasteiger partial charge in [0, 0.05) is 21.9 Å². The lowest BCUT2D eigenvalue weighted by Gasteiger charge is -2.09. The summed E-state index contributed by atoms with van der Waals surface area (Å²) in [6.45, 7) is 2.24. The summed E-state index contributed by atoms with van der Waals surface area (Å²) in [7, 11) is 0. The van der Waals surface area contributed by atoms with Gasteiger partial charge in [-0.05, 0) is 43.4 Å². The summed E-state index contributed by atoms with van der Waals surface area (Å²) >= 11 is 1.73. The summed E-state index contributed by atoms with van der Waals surface area (Å²) in [5.41, 5.74) is 3.39. The van der Waals surface area contributed by atoms with Gasteiger partial charge in [0.2, 0.25) is 5.88 Å². The Morgan fingerprint density at radius 1 is 1.23 bits per heavy atom. The molecule has 0 aliphatic heterocycles. The highest BCUT2D eigenvalue weighted by Crippen LogP contribution is 2.40. The second-order valence-corrected chi connectivity index (χ2v) is 7.68. The molecule has 0 unspecified atom stereocenters. The van der Waals surface area contributed by atoms with Crippen molar-refractivity contribution in [2.45, 2.75) is 32.8 Å². The van der Waals surface area contributed by atoms with E-state index < -0.39 is 0 Å². The maximum Gasteiger partial charge on any atom is 0.336 e. The topological polar surface area (TPSA) is 65.2 Å². The molecule has 0 saturated heterocycles. The van der Waals surface area contributed by atoms with Crippen molar-refractivity contribution < 1.29 is 9.15 Å². The first-order valence-electron chi connectivity index (χ1n) is 8.60. The van der Waals surface area contributed by atoms with E-state index in [0.717, 1.165) is 39.6 Å². The van der Waals surface area contributed by atoms with Crippen LogP contribution in [0.1, 0.15) is 28.0 Å². The van der Waals surface area contributed by atoms with Crippen LogP contribution < -0.4 is 10.4 Å². The van der Waals surface area contributed by atoms with Gasteiger partial charge in [-0.1, -0.05) is 12.1 Å². The summed E-state index contributed by atoms with van der Waals surface area (Å²) in [6, 6.07) is 7.33. The Balaban J connectivity index is 1.55. The molecule has 0 amide bonds. The minimum absolute atomic E-state index is 0.266. The second kappa shape index (κ2) is 5.92. The Kier molecular flexibility index (Phi) is 3.53. The Morgan fingerprint density at radius 3 is 3.08 bits per heavy atom. The summed E-state index contributed by atoms with van der Waals surface area (Å²) in [5, 5.41) is 1.92. The van der Waals surface area contributed by atoms with Crippen LogP contribution in [0.3, 0.4) is 0 Å². The number of rotatable bonds is 3. The molecule has 0 atom stereocenters. The van der Waals surface area contributed by atoms with Crippen molar-refractivity contribution >= 4 is 32.5 Å². The predicted molar refractivity (Wildman–Crippen MR) is 101 cm³/mol. The zero-order chi connectivity index (χ0) is 17.7. The zero-order valence-corrected chi connectivity index (χ0v) is 15.1. The van der Waals surface area contributed by atoms with Gasteiger partial charge in [-0.25, -0.2) is 14.8 Å². The fourth-order valence-corrected chi connectivity index (χ4v) is 4.83. The van der Waals surface area contributed by atoms with Crippen LogP contribution in [-0.4, -0.2) is 9.97 Å². The number of thiophene rings is 1. The van der Waals surface area contributed by atoms with Gasteiger partial charge in [-0.15, -0.1) is 11.3 Å². The number of ether oxygens (including phenoxy) is 1. The molecule has 4 aromatic rings. The normalized spacial score (nSPS) is 13.4. The van der Waals surface area contributed by atoms with Crippen molar-refractivity contribution in [1.82, 2.24) is 9.97 Å². The highest BCUT2D eigenvalue weighted by atomic mass is 32.1. The molecule has 3 aromatic heterocycles. The summed E-state index contributed by atoms with van der Waals surface area (Å²) < 4.78 is 11.4. The van der Waals surface area contributed by atoms with Crippen LogP contribution in [0.15, 0.2) is 39.8 Å². The van der Waals surface area contributed by atoms with Crippen molar-refractivity contribution in [3.63, 3.8) is 0 Å². The smallest absolute Gasteiger partial charge is 0.336 e. The minimum atomic E-state index is -0.369. The molecular formula is C20H16N2O3S. The summed E-state index contributed by atoms with van der Waals surface area (Å²) in [5.74, 6) is 0.600. The summed E-state index contributed by atoms with van der Waals surface area (Å²) in [4.78, 5) is 23.0. The maximum atomic E-state index is 11.9. The highest BCUT2D eigenvalue weighted by Gasteiger charge is 2.22. The van der Waals surface area contributed by atoms with Gasteiger partial charge < -0.3 is 9.15 Å². The van der Waals surface area contributed by atoms with Crippen molar-refractivity contribution in [3.05, 3.63) is 62.6 Å². The third kappa shape index (κ3) is 2.49. The van der Waals surface area contributed by atoms with Crippen LogP contribution >= 0.6 is 11.3 Å². The molecule has 5 rings (SSSR count). The monoisotopic (exact) mass is 364 g/mol. The molecule has 1 aromatic carbocycles. The molecule has 0 fully saturated rings. The van der Waals surface area contributed by atoms with Crippen molar-refractivity contribution in [1.29, 1.82) is 0 Å². The number of hydrogen-bond acceptors (Lipinski definition) is 6. The van der Waals surface area contributed by atoms with E-state index in [0.29, 0.717) is 11.5 Å². The fourth-order valence-electron chi connectivity index (χ4n) is 3.61. The van der Waals surface area contributed by atoms with Gasteiger partial charge in [0.1, 0.15) is 23.3 Å². The van der Waals surface area contributed by atoms with Crippen molar-refractivity contribution in [2.24, 2.45) is 0 Å². The Labute approximate surface area is 153 Å². The van der Waals surface area contributed by atoms with E-state index in [1.165, 1.54) is 22.9 Å². The average Bonchev–Trinajstić information content (AvgIpc) is 3.20. The van der Waals surface area contributed by atoms with E-state index in [1.54, 1.807) is 17.7 Å². The number of aryl methyl sites for hydroxylation is 3. The molecule has 26 heavy (non-hydrogen) atoms. The first kappa shape index (κ1) is 15.5. The molecule has 1 aliphatic rings. The minimum Gasteiger partial charge on any atom is -0.472 e. The molecule has 0 N–H and O–H groups in total. The average molecular weight is 364 g/mol. The van der Waals surface area contributed by atoms with Gasteiger partial charge in [0.25, 0.3) is 0 Å². The van der Waals surface area contributed by atoms with Crippen molar-refractivity contribution in [2.75, 3.05) is 0 Å². The van der Waals surface area contributed by atoms with E-state index in [4.69, 9.17) is 9.15 Å². The molecule has 0 saturated carbocycles. The summed E-state index contributed by atoms with van der Waals surface area (Å²) in [6.07, 6.45) is 4.88. The van der Waals surface area contributed by atoms with Crippen LogP contribution in [0.25, 0.3) is 21.2 Å². The van der Waals surface area contributed by atoms with E-state index in [-0.39, 0.29) is 12.2 Å². The molecule has 5 nitrogen and oxygen atoms in total. The van der Waals surface area contributed by atoms with E-state index >= 15 is 0 Å². The van der Waals surface area contributed by atoms with Gasteiger partial charge in [0.15, 0.2) is 0 Å². The number of benzene rings is 1. The lowest BCUT2D eigenvalue weighted by molar-refractivity contribution is 0.298. The van der Waals surface area contributed by atoms with Crippen LogP contribution in [0.4, 0.5) is 0 Å². The quantitative estimate of drug-likeness (QED) is 0.510. The van der Waals surface area contributed by atoms with Crippen LogP contribution in [0.5, 0.6) is 5.88 Å². The van der Waals surface area contributed by atoms with Gasteiger partial charge in [0.05, 0.1) is 5.39 Å². The Morgan fingerprint density at radius 2 is 2.15 bits per heavy atom. The first-order chi connectivity index (χ1) is 12.7.